The Morgan fingerprint density at radius 3 is 2.45 bits per heavy atom. The van der Waals surface area contributed by atoms with Gasteiger partial charge in [0.05, 0.1) is 35.1 Å². The van der Waals surface area contributed by atoms with E-state index in [1.54, 1.807) is 17.4 Å². The van der Waals surface area contributed by atoms with Crippen LogP contribution < -0.4 is 4.90 Å². The van der Waals surface area contributed by atoms with Gasteiger partial charge in [-0.05, 0) is 65.7 Å². The number of benzene rings is 3. The number of para-hydroxylation sites is 1. The van der Waals surface area contributed by atoms with Gasteiger partial charge in [0.1, 0.15) is 0 Å². The van der Waals surface area contributed by atoms with Crippen LogP contribution in [0.4, 0.5) is 17.1 Å². The largest absolute Gasteiger partial charge is 0.309 e. The number of fused-ring (bicyclic) bond motifs is 6. The third-order valence-corrected chi connectivity index (χ3v) is 9.83. The Bertz CT molecular complexity index is 2050. The Morgan fingerprint density at radius 1 is 0.875 bits per heavy atom. The second kappa shape index (κ2) is 9.17. The highest BCUT2D eigenvalue weighted by Gasteiger charge is 2.39. The molecule has 0 saturated carbocycles. The first kappa shape index (κ1) is 24.3. The fraction of sp³-hybridized carbons (Fsp3) is 0.0882. The molecule has 0 saturated heterocycles. The predicted molar refractivity (Wildman–Crippen MR) is 167 cm³/mol. The molecular formula is C34H22N4S2. The summed E-state index contributed by atoms with van der Waals surface area (Å²) in [5, 5.41) is 11.8. The lowest BCUT2D eigenvalue weighted by molar-refractivity contribution is 0.660. The summed E-state index contributed by atoms with van der Waals surface area (Å²) in [5.41, 5.74) is 6.33. The molecule has 40 heavy (non-hydrogen) atoms. The maximum Gasteiger partial charge on any atom is 0.263 e. The molecule has 4 nitrogen and oxygen atoms in total. The first-order valence-electron chi connectivity index (χ1n) is 12.9. The lowest BCUT2D eigenvalue weighted by Gasteiger charge is -2.27. The van der Waals surface area contributed by atoms with Gasteiger partial charge in [-0.15, -0.1) is 22.7 Å². The Morgan fingerprint density at radius 2 is 1.65 bits per heavy atom. The molecule has 0 radical (unpaired) electrons. The van der Waals surface area contributed by atoms with Crippen LogP contribution in [0.1, 0.15) is 29.9 Å². The van der Waals surface area contributed by atoms with Crippen molar-refractivity contribution < 1.29 is 0 Å². The number of anilines is 3. The molecule has 0 amide bonds. The first-order valence-corrected chi connectivity index (χ1v) is 14.5. The number of hydrogen-bond acceptors (Lipinski definition) is 5. The minimum Gasteiger partial charge on any atom is -0.309 e. The normalized spacial score (nSPS) is 13.6. The standard InChI is InChI=1S/C34H22N4S2/c1-34(2)28-17-24(20-37-32(28)33-29(34)18-25(39-33)15-21(19-35)36-3)38(22-9-5-4-6-10-22)23-13-14-31-27(16-23)26-11-7-8-12-30(26)40-31/h4-18,20H,1-2H3/b21-15-. The van der Waals surface area contributed by atoms with Gasteiger partial charge in [-0.2, -0.15) is 0 Å². The van der Waals surface area contributed by atoms with E-state index in [0.29, 0.717) is 0 Å². The van der Waals surface area contributed by atoms with Crippen molar-refractivity contribution in [2.75, 3.05) is 4.90 Å². The third-order valence-electron chi connectivity index (χ3n) is 7.59. The molecule has 3 aromatic heterocycles. The van der Waals surface area contributed by atoms with E-state index in [2.05, 4.69) is 102 Å². The molecule has 0 fully saturated rings. The van der Waals surface area contributed by atoms with Gasteiger partial charge in [0.2, 0.25) is 0 Å². The zero-order valence-corrected chi connectivity index (χ0v) is 23.5. The van der Waals surface area contributed by atoms with Crippen molar-refractivity contribution >= 4 is 66.0 Å². The van der Waals surface area contributed by atoms with E-state index in [-0.39, 0.29) is 11.1 Å². The molecular weight excluding hydrogens is 529 g/mol. The number of allylic oxidation sites excluding steroid dienone is 1. The monoisotopic (exact) mass is 550 g/mol. The van der Waals surface area contributed by atoms with Crippen LogP contribution in [0.2, 0.25) is 0 Å². The van der Waals surface area contributed by atoms with Crippen molar-refractivity contribution in [3.8, 4) is 16.6 Å². The van der Waals surface area contributed by atoms with E-state index in [0.717, 1.165) is 32.5 Å². The summed E-state index contributed by atoms with van der Waals surface area (Å²) in [7, 11) is 0. The van der Waals surface area contributed by atoms with Crippen LogP contribution in [0.15, 0.2) is 96.8 Å². The summed E-state index contributed by atoms with van der Waals surface area (Å²) in [6.45, 7) is 11.7. The Labute approximate surface area is 240 Å². The van der Waals surface area contributed by atoms with Crippen LogP contribution in [0.25, 0.3) is 41.7 Å². The average molecular weight is 551 g/mol. The minimum absolute atomic E-state index is 0.0927. The number of pyridine rings is 1. The second-order valence-electron chi connectivity index (χ2n) is 10.3. The van der Waals surface area contributed by atoms with Crippen LogP contribution in [0.3, 0.4) is 0 Å². The summed E-state index contributed by atoms with van der Waals surface area (Å²) >= 11 is 3.41. The lowest BCUT2D eigenvalue weighted by atomic mass is 9.83. The average Bonchev–Trinajstić information content (AvgIpc) is 3.63. The highest BCUT2D eigenvalue weighted by molar-refractivity contribution is 7.25. The molecule has 190 valence electrons. The van der Waals surface area contributed by atoms with Gasteiger partial charge in [0, 0.05) is 41.8 Å². The van der Waals surface area contributed by atoms with Crippen molar-refractivity contribution in [3.05, 3.63) is 124 Å². The first-order chi connectivity index (χ1) is 19.5. The Hall–Kier alpha value is -4.75. The molecule has 0 aliphatic heterocycles. The maximum absolute atomic E-state index is 9.22. The van der Waals surface area contributed by atoms with Gasteiger partial charge in [0.25, 0.3) is 5.70 Å². The summed E-state index contributed by atoms with van der Waals surface area (Å²) in [4.78, 5) is 12.6. The van der Waals surface area contributed by atoms with Crippen molar-refractivity contribution in [2.45, 2.75) is 19.3 Å². The molecule has 0 unspecified atom stereocenters. The number of nitriles is 1. The number of rotatable bonds is 4. The second-order valence-corrected chi connectivity index (χ2v) is 12.5. The fourth-order valence-electron chi connectivity index (χ4n) is 5.60. The van der Waals surface area contributed by atoms with E-state index in [9.17, 15) is 5.26 Å². The van der Waals surface area contributed by atoms with Gasteiger partial charge in [-0.1, -0.05) is 50.2 Å². The van der Waals surface area contributed by atoms with Crippen molar-refractivity contribution in [1.82, 2.24) is 4.98 Å². The van der Waals surface area contributed by atoms with Crippen molar-refractivity contribution in [2.24, 2.45) is 0 Å². The molecule has 1 aliphatic carbocycles. The van der Waals surface area contributed by atoms with E-state index in [4.69, 9.17) is 11.6 Å². The Kier molecular flexibility index (Phi) is 5.57. The van der Waals surface area contributed by atoms with Gasteiger partial charge in [0.15, 0.2) is 0 Å². The predicted octanol–water partition coefficient (Wildman–Crippen LogP) is 10.1. The molecule has 0 bridgehead atoms. The van der Waals surface area contributed by atoms with Crippen molar-refractivity contribution in [3.63, 3.8) is 0 Å². The topological polar surface area (TPSA) is 44.3 Å². The molecule has 0 N–H and O–H groups in total. The van der Waals surface area contributed by atoms with Crippen LogP contribution in [-0.4, -0.2) is 4.98 Å². The molecule has 6 aromatic rings. The quantitative estimate of drug-likeness (QED) is 0.162. The van der Waals surface area contributed by atoms with E-state index in [1.165, 1.54) is 31.3 Å². The van der Waals surface area contributed by atoms with Crippen LogP contribution in [-0.2, 0) is 5.41 Å². The number of thiophene rings is 2. The summed E-state index contributed by atoms with van der Waals surface area (Å²) in [6.07, 6.45) is 3.63. The number of aromatic nitrogens is 1. The highest BCUT2D eigenvalue weighted by atomic mass is 32.1. The van der Waals surface area contributed by atoms with Gasteiger partial charge < -0.3 is 4.90 Å². The van der Waals surface area contributed by atoms with Crippen LogP contribution >= 0.6 is 22.7 Å². The smallest absolute Gasteiger partial charge is 0.263 e. The van der Waals surface area contributed by atoms with E-state index in [1.807, 2.05) is 29.7 Å². The molecule has 0 spiro atoms. The summed E-state index contributed by atoms with van der Waals surface area (Å²) < 4.78 is 2.57. The molecule has 3 aromatic carbocycles. The molecule has 1 aliphatic rings. The number of hydrogen-bond donors (Lipinski definition) is 0. The van der Waals surface area contributed by atoms with Crippen LogP contribution in [0.5, 0.6) is 0 Å². The van der Waals surface area contributed by atoms with E-state index >= 15 is 0 Å². The van der Waals surface area contributed by atoms with Crippen LogP contribution in [0, 0.1) is 17.9 Å². The minimum atomic E-state index is -0.267. The van der Waals surface area contributed by atoms with Gasteiger partial charge in [-0.3, -0.25) is 4.98 Å². The molecule has 3 heterocycles. The van der Waals surface area contributed by atoms with Gasteiger partial charge in [-0.25, -0.2) is 10.1 Å². The summed E-state index contributed by atoms with van der Waals surface area (Å²) in [5.74, 6) is 0. The zero-order chi connectivity index (χ0) is 27.4. The molecule has 6 heteroatoms. The molecule has 0 atom stereocenters. The highest BCUT2D eigenvalue weighted by Crippen LogP contribution is 2.53. The fourth-order valence-corrected chi connectivity index (χ4v) is 7.95. The maximum atomic E-state index is 9.22. The number of nitrogens with zero attached hydrogens (tertiary/aromatic N) is 4. The summed E-state index contributed by atoms with van der Waals surface area (Å²) in [6, 6.07) is 32.1. The molecule has 7 rings (SSSR count). The van der Waals surface area contributed by atoms with E-state index < -0.39 is 0 Å². The Balaban J connectivity index is 1.38. The lowest BCUT2D eigenvalue weighted by Crippen LogP contribution is -2.16. The van der Waals surface area contributed by atoms with Crippen molar-refractivity contribution in [1.29, 1.82) is 5.26 Å². The third kappa shape index (κ3) is 3.73. The zero-order valence-electron chi connectivity index (χ0n) is 21.8. The van der Waals surface area contributed by atoms with Gasteiger partial charge >= 0.3 is 0 Å². The SMILES string of the molecule is [C-]#[N+]/C(C#N)=C\c1cc2c(s1)-c1ncc(N(c3ccccc3)c3ccc4sc5ccccc5c4c3)cc1C2(C)C.